The summed E-state index contributed by atoms with van der Waals surface area (Å²) in [6.07, 6.45) is 0. The molecule has 1 rings (SSSR count). The van der Waals surface area contributed by atoms with E-state index < -0.39 is 0 Å². The van der Waals surface area contributed by atoms with Crippen LogP contribution in [0, 0.1) is 0 Å². The van der Waals surface area contributed by atoms with Crippen molar-refractivity contribution < 1.29 is 9.94 Å². The number of hydrogen-bond acceptors (Lipinski definition) is 3. The monoisotopic (exact) mass is 251 g/mol. The zero-order valence-electron chi connectivity index (χ0n) is 6.05. The topological polar surface area (TPSA) is 55.5 Å². The second-order valence-corrected chi connectivity index (χ2v) is 3.50. The first-order chi connectivity index (χ1) is 5.65. The van der Waals surface area contributed by atoms with Crippen LogP contribution in [0.4, 0.5) is 0 Å². The molecule has 5 heteroatoms. The summed E-state index contributed by atoms with van der Waals surface area (Å²) in [5, 5.41) is 9.93. The summed E-state index contributed by atoms with van der Waals surface area (Å²) in [6, 6.07) is 3.19. The van der Waals surface area contributed by atoms with Gasteiger partial charge < -0.3 is 5.11 Å². The van der Waals surface area contributed by atoms with Gasteiger partial charge in [-0.3, -0.25) is 4.84 Å². The number of phenols is 1. The van der Waals surface area contributed by atoms with Crippen LogP contribution in [0.1, 0.15) is 5.56 Å². The Kier molecular flexibility index (Phi) is 3.34. The van der Waals surface area contributed by atoms with Gasteiger partial charge in [0.05, 0.1) is 11.1 Å². The van der Waals surface area contributed by atoms with Gasteiger partial charge in [-0.25, -0.2) is 5.90 Å². The first kappa shape index (κ1) is 9.80. The van der Waals surface area contributed by atoms with Crippen LogP contribution in [0.5, 0.6) is 5.75 Å². The molecular formula is C7H7BrClNO2. The normalized spacial score (nSPS) is 10.2. The predicted octanol–water partition coefficient (Wildman–Crippen LogP) is 2.20. The molecule has 0 amide bonds. The molecule has 12 heavy (non-hydrogen) atoms. The number of benzene rings is 1. The zero-order valence-corrected chi connectivity index (χ0v) is 8.39. The first-order valence-corrected chi connectivity index (χ1v) is 4.31. The fourth-order valence-electron chi connectivity index (χ4n) is 0.819. The van der Waals surface area contributed by atoms with Gasteiger partial charge in [-0.05, 0) is 28.1 Å². The number of hydrogen-bond donors (Lipinski definition) is 2. The van der Waals surface area contributed by atoms with E-state index in [-0.39, 0.29) is 12.4 Å². The van der Waals surface area contributed by atoms with Crippen LogP contribution < -0.4 is 5.90 Å². The molecule has 0 unspecified atom stereocenters. The Bertz CT molecular complexity index is 293. The summed E-state index contributed by atoms with van der Waals surface area (Å²) in [5.74, 6) is 4.96. The third kappa shape index (κ3) is 2.10. The predicted molar refractivity (Wildman–Crippen MR) is 49.8 cm³/mol. The van der Waals surface area contributed by atoms with Gasteiger partial charge in [-0.2, -0.15) is 0 Å². The maximum absolute atomic E-state index is 9.41. The second kappa shape index (κ2) is 4.09. The fourth-order valence-corrected chi connectivity index (χ4v) is 1.69. The summed E-state index contributed by atoms with van der Waals surface area (Å²) in [5.41, 5.74) is 0.553. The lowest BCUT2D eigenvalue weighted by Crippen LogP contribution is -1.99. The van der Waals surface area contributed by atoms with Crippen LogP contribution in [0.25, 0.3) is 0 Å². The molecule has 0 saturated heterocycles. The van der Waals surface area contributed by atoms with E-state index in [4.69, 9.17) is 17.5 Å². The first-order valence-electron chi connectivity index (χ1n) is 3.13. The van der Waals surface area contributed by atoms with Crippen molar-refractivity contribution in [3.8, 4) is 5.75 Å². The van der Waals surface area contributed by atoms with Crippen LogP contribution in [-0.2, 0) is 11.4 Å². The van der Waals surface area contributed by atoms with Gasteiger partial charge in [0.25, 0.3) is 0 Å². The Balaban J connectivity index is 3.09. The molecule has 66 valence electrons. The van der Waals surface area contributed by atoms with E-state index in [1.807, 2.05) is 0 Å². The van der Waals surface area contributed by atoms with Gasteiger partial charge >= 0.3 is 0 Å². The van der Waals surface area contributed by atoms with Crippen LogP contribution in [0.3, 0.4) is 0 Å². The fraction of sp³-hybridized carbons (Fsp3) is 0.143. The Labute approximate surface area is 83.2 Å². The lowest BCUT2D eigenvalue weighted by molar-refractivity contribution is 0.122. The summed E-state index contributed by atoms with van der Waals surface area (Å²) < 4.78 is 0.530. The van der Waals surface area contributed by atoms with Gasteiger partial charge in [0, 0.05) is 10.6 Å². The van der Waals surface area contributed by atoms with Crippen molar-refractivity contribution in [3.63, 3.8) is 0 Å². The molecule has 0 spiro atoms. The number of halogens is 2. The smallest absolute Gasteiger partial charge is 0.135 e. The largest absolute Gasteiger partial charge is 0.506 e. The molecule has 0 heterocycles. The third-order valence-electron chi connectivity index (χ3n) is 1.35. The van der Waals surface area contributed by atoms with Crippen molar-refractivity contribution in [1.29, 1.82) is 0 Å². The lowest BCUT2D eigenvalue weighted by atomic mass is 10.2. The van der Waals surface area contributed by atoms with Crippen LogP contribution in [0.2, 0.25) is 5.02 Å². The zero-order chi connectivity index (χ0) is 9.14. The average molecular weight is 252 g/mol. The quantitative estimate of drug-likeness (QED) is 0.794. The third-order valence-corrected chi connectivity index (χ3v) is 2.17. The minimum Gasteiger partial charge on any atom is -0.506 e. The number of phenolic OH excluding ortho intramolecular Hbond substituents is 1. The highest BCUT2D eigenvalue weighted by atomic mass is 79.9. The van der Waals surface area contributed by atoms with E-state index in [1.165, 1.54) is 0 Å². The van der Waals surface area contributed by atoms with Crippen molar-refractivity contribution in [1.82, 2.24) is 0 Å². The van der Waals surface area contributed by atoms with Crippen molar-refractivity contribution in [2.75, 3.05) is 0 Å². The standard InChI is InChI=1S/C7H7BrClNO2/c8-6-2-5(9)1-4(3-12-10)7(6)11/h1-2,11H,3,10H2. The molecule has 0 aromatic heterocycles. The summed E-state index contributed by atoms with van der Waals surface area (Å²) in [4.78, 5) is 4.38. The van der Waals surface area contributed by atoms with E-state index in [1.54, 1.807) is 12.1 Å². The van der Waals surface area contributed by atoms with Crippen LogP contribution in [0.15, 0.2) is 16.6 Å². The summed E-state index contributed by atoms with van der Waals surface area (Å²) in [6.45, 7) is 0.130. The average Bonchev–Trinajstić information content (AvgIpc) is 2.00. The van der Waals surface area contributed by atoms with E-state index in [2.05, 4.69) is 20.8 Å². The Morgan fingerprint density at radius 1 is 1.58 bits per heavy atom. The number of aromatic hydroxyl groups is 1. The van der Waals surface area contributed by atoms with Gasteiger partial charge in [0.2, 0.25) is 0 Å². The molecule has 1 aromatic rings. The molecule has 0 radical (unpaired) electrons. The highest BCUT2D eigenvalue weighted by Crippen LogP contribution is 2.31. The van der Waals surface area contributed by atoms with Gasteiger partial charge in [0.15, 0.2) is 0 Å². The van der Waals surface area contributed by atoms with Crippen molar-refractivity contribution in [2.24, 2.45) is 5.90 Å². The Morgan fingerprint density at radius 3 is 2.83 bits per heavy atom. The molecular weight excluding hydrogens is 245 g/mol. The maximum Gasteiger partial charge on any atom is 0.135 e. The number of rotatable bonds is 2. The lowest BCUT2D eigenvalue weighted by Gasteiger charge is -2.05. The molecule has 0 saturated carbocycles. The molecule has 0 aliphatic carbocycles. The molecule has 3 nitrogen and oxygen atoms in total. The Hall–Kier alpha value is -0.290. The summed E-state index contributed by atoms with van der Waals surface area (Å²) in [7, 11) is 0. The molecule has 3 N–H and O–H groups in total. The van der Waals surface area contributed by atoms with Crippen molar-refractivity contribution in [2.45, 2.75) is 6.61 Å². The van der Waals surface area contributed by atoms with Gasteiger partial charge in [-0.15, -0.1) is 0 Å². The SMILES string of the molecule is NOCc1cc(Cl)cc(Br)c1O. The van der Waals surface area contributed by atoms with Crippen molar-refractivity contribution in [3.05, 3.63) is 27.2 Å². The second-order valence-electron chi connectivity index (χ2n) is 2.21. The molecule has 0 fully saturated rings. The highest BCUT2D eigenvalue weighted by molar-refractivity contribution is 9.10. The van der Waals surface area contributed by atoms with Gasteiger partial charge in [-0.1, -0.05) is 11.6 Å². The molecule has 0 atom stereocenters. The van der Waals surface area contributed by atoms with Crippen molar-refractivity contribution >= 4 is 27.5 Å². The summed E-state index contributed by atoms with van der Waals surface area (Å²) >= 11 is 8.86. The molecule has 0 aliphatic rings. The van der Waals surface area contributed by atoms with E-state index in [9.17, 15) is 5.11 Å². The Morgan fingerprint density at radius 2 is 2.25 bits per heavy atom. The minimum absolute atomic E-state index is 0.102. The maximum atomic E-state index is 9.41. The van der Waals surface area contributed by atoms with Crippen LogP contribution >= 0.6 is 27.5 Å². The molecule has 0 aliphatic heterocycles. The number of nitrogens with two attached hydrogens (primary N) is 1. The van der Waals surface area contributed by atoms with E-state index >= 15 is 0 Å². The molecule has 0 bridgehead atoms. The van der Waals surface area contributed by atoms with E-state index in [0.29, 0.717) is 15.1 Å². The minimum atomic E-state index is 0.102. The van der Waals surface area contributed by atoms with Crippen LogP contribution in [-0.4, -0.2) is 5.11 Å². The van der Waals surface area contributed by atoms with E-state index in [0.717, 1.165) is 0 Å². The molecule has 1 aromatic carbocycles. The highest BCUT2D eigenvalue weighted by Gasteiger charge is 2.06. The van der Waals surface area contributed by atoms with Gasteiger partial charge in [0.1, 0.15) is 5.75 Å².